The Morgan fingerprint density at radius 1 is 1.00 bits per heavy atom. The van der Waals surface area contributed by atoms with E-state index in [0.717, 1.165) is 32.1 Å². The van der Waals surface area contributed by atoms with Gasteiger partial charge in [0.05, 0.1) is 18.4 Å². The van der Waals surface area contributed by atoms with E-state index in [1.807, 2.05) is 0 Å². The molecule has 2 N–H and O–H groups in total. The highest BCUT2D eigenvalue weighted by Crippen LogP contribution is 2.34. The highest BCUT2D eigenvalue weighted by Gasteiger charge is 2.40. The van der Waals surface area contributed by atoms with Crippen molar-refractivity contribution < 1.29 is 19.8 Å². The molecule has 5 heteroatoms. The van der Waals surface area contributed by atoms with Gasteiger partial charge < -0.3 is 15.1 Å². The third-order valence-electron chi connectivity index (χ3n) is 4.54. The van der Waals surface area contributed by atoms with E-state index < -0.39 is 17.8 Å². The SMILES string of the molecule is O=C(O)[C@H]1CCCC[C@H]1C(=O)N(CCO)C1CCC1. The maximum absolute atomic E-state index is 12.6. The fourth-order valence-electron chi connectivity index (χ4n) is 3.21. The maximum atomic E-state index is 12.6. The summed E-state index contributed by atoms with van der Waals surface area (Å²) < 4.78 is 0. The molecule has 0 radical (unpaired) electrons. The molecule has 0 aromatic heterocycles. The number of hydrogen-bond donors (Lipinski definition) is 2. The fraction of sp³-hybridized carbons (Fsp3) is 0.857. The van der Waals surface area contributed by atoms with Crippen LogP contribution in [-0.2, 0) is 9.59 Å². The second-order valence-corrected chi connectivity index (χ2v) is 5.68. The van der Waals surface area contributed by atoms with Gasteiger partial charge in [0.2, 0.25) is 5.91 Å². The third-order valence-corrected chi connectivity index (χ3v) is 4.54. The largest absolute Gasteiger partial charge is 0.481 e. The number of carboxylic acid groups (broad SMARTS) is 1. The number of carbonyl (C=O) groups excluding carboxylic acids is 1. The molecule has 0 aromatic carbocycles. The van der Waals surface area contributed by atoms with Crippen LogP contribution >= 0.6 is 0 Å². The number of rotatable bonds is 5. The van der Waals surface area contributed by atoms with E-state index in [0.29, 0.717) is 19.4 Å². The summed E-state index contributed by atoms with van der Waals surface area (Å²) in [5.41, 5.74) is 0. The molecule has 0 heterocycles. The zero-order chi connectivity index (χ0) is 13.8. The number of nitrogens with zero attached hydrogens (tertiary/aromatic N) is 1. The molecule has 5 nitrogen and oxygen atoms in total. The van der Waals surface area contributed by atoms with Gasteiger partial charge in [-0.05, 0) is 32.1 Å². The van der Waals surface area contributed by atoms with Crippen LogP contribution in [0, 0.1) is 11.8 Å². The number of aliphatic hydroxyl groups excluding tert-OH is 1. The predicted molar refractivity (Wildman–Crippen MR) is 69.5 cm³/mol. The van der Waals surface area contributed by atoms with Crippen molar-refractivity contribution in [3.8, 4) is 0 Å². The van der Waals surface area contributed by atoms with Crippen molar-refractivity contribution in [1.82, 2.24) is 4.90 Å². The van der Waals surface area contributed by atoms with Gasteiger partial charge in [0.25, 0.3) is 0 Å². The van der Waals surface area contributed by atoms with Gasteiger partial charge in [0.15, 0.2) is 0 Å². The monoisotopic (exact) mass is 269 g/mol. The van der Waals surface area contributed by atoms with Crippen molar-refractivity contribution in [2.45, 2.75) is 51.0 Å². The number of amides is 1. The van der Waals surface area contributed by atoms with Crippen molar-refractivity contribution in [2.24, 2.45) is 11.8 Å². The molecule has 0 aromatic rings. The van der Waals surface area contributed by atoms with Crippen LogP contribution in [0.25, 0.3) is 0 Å². The average Bonchev–Trinajstić information content (AvgIpc) is 2.35. The number of aliphatic carboxylic acids is 1. The molecular formula is C14H23NO4. The molecule has 2 atom stereocenters. The number of carboxylic acids is 1. The van der Waals surface area contributed by atoms with Crippen LogP contribution in [0.1, 0.15) is 44.9 Å². The molecule has 0 unspecified atom stereocenters. The molecule has 2 aliphatic rings. The van der Waals surface area contributed by atoms with E-state index >= 15 is 0 Å². The molecule has 2 fully saturated rings. The molecule has 2 rings (SSSR count). The lowest BCUT2D eigenvalue weighted by Gasteiger charge is -2.41. The first kappa shape index (κ1) is 14.3. The second-order valence-electron chi connectivity index (χ2n) is 5.68. The van der Waals surface area contributed by atoms with Crippen LogP contribution in [0.5, 0.6) is 0 Å². The molecule has 1 amide bonds. The summed E-state index contributed by atoms with van der Waals surface area (Å²) in [5, 5.41) is 18.4. The molecular weight excluding hydrogens is 246 g/mol. The van der Waals surface area contributed by atoms with Crippen LogP contribution in [0.2, 0.25) is 0 Å². The Hall–Kier alpha value is -1.10. The van der Waals surface area contributed by atoms with Crippen LogP contribution < -0.4 is 0 Å². The minimum absolute atomic E-state index is 0.0489. The lowest BCUT2D eigenvalue weighted by atomic mass is 9.77. The van der Waals surface area contributed by atoms with E-state index in [9.17, 15) is 14.7 Å². The lowest BCUT2D eigenvalue weighted by molar-refractivity contribution is -0.154. The Kier molecular flexibility index (Phi) is 4.80. The van der Waals surface area contributed by atoms with Crippen LogP contribution in [-0.4, -0.2) is 46.2 Å². The fourth-order valence-corrected chi connectivity index (χ4v) is 3.21. The molecule has 0 bridgehead atoms. The van der Waals surface area contributed by atoms with Crippen LogP contribution in [0.4, 0.5) is 0 Å². The molecule has 2 saturated carbocycles. The van der Waals surface area contributed by atoms with Gasteiger partial charge in [0.1, 0.15) is 0 Å². The summed E-state index contributed by atoms with van der Waals surface area (Å²) in [6.45, 7) is 0.291. The molecule has 108 valence electrons. The number of carbonyl (C=O) groups is 2. The molecule has 0 aliphatic heterocycles. The maximum Gasteiger partial charge on any atom is 0.307 e. The van der Waals surface area contributed by atoms with Gasteiger partial charge in [-0.25, -0.2) is 0 Å². The Morgan fingerprint density at radius 2 is 1.63 bits per heavy atom. The Labute approximate surface area is 113 Å². The Bertz CT molecular complexity index is 340. The lowest BCUT2D eigenvalue weighted by Crippen LogP contribution is -2.50. The van der Waals surface area contributed by atoms with Crippen molar-refractivity contribution in [1.29, 1.82) is 0 Å². The van der Waals surface area contributed by atoms with Crippen molar-refractivity contribution in [3.63, 3.8) is 0 Å². The molecule has 0 spiro atoms. The summed E-state index contributed by atoms with van der Waals surface area (Å²) >= 11 is 0. The van der Waals surface area contributed by atoms with Gasteiger partial charge >= 0.3 is 5.97 Å². The van der Waals surface area contributed by atoms with Gasteiger partial charge in [-0.2, -0.15) is 0 Å². The highest BCUT2D eigenvalue weighted by molar-refractivity contribution is 5.85. The first-order chi connectivity index (χ1) is 9.15. The summed E-state index contributed by atoms with van der Waals surface area (Å²) in [6, 6.07) is 0.219. The molecule has 0 saturated heterocycles. The summed E-state index contributed by atoms with van der Waals surface area (Å²) in [4.78, 5) is 25.6. The second kappa shape index (κ2) is 6.37. The topological polar surface area (TPSA) is 77.8 Å². The third kappa shape index (κ3) is 3.08. The summed E-state index contributed by atoms with van der Waals surface area (Å²) in [5.74, 6) is -1.83. The van der Waals surface area contributed by atoms with Crippen LogP contribution in [0.3, 0.4) is 0 Å². The average molecular weight is 269 g/mol. The Morgan fingerprint density at radius 3 is 2.11 bits per heavy atom. The zero-order valence-corrected chi connectivity index (χ0v) is 11.3. The molecule has 19 heavy (non-hydrogen) atoms. The van der Waals surface area contributed by atoms with E-state index in [4.69, 9.17) is 5.11 Å². The zero-order valence-electron chi connectivity index (χ0n) is 11.3. The Balaban J connectivity index is 2.07. The van der Waals surface area contributed by atoms with Gasteiger partial charge in [-0.15, -0.1) is 0 Å². The normalized spacial score (nSPS) is 27.6. The highest BCUT2D eigenvalue weighted by atomic mass is 16.4. The van der Waals surface area contributed by atoms with Gasteiger partial charge in [0, 0.05) is 12.6 Å². The predicted octanol–water partition coefficient (Wildman–Crippen LogP) is 1.25. The first-order valence-electron chi connectivity index (χ1n) is 7.29. The summed E-state index contributed by atoms with van der Waals surface area (Å²) in [7, 11) is 0. The minimum Gasteiger partial charge on any atom is -0.481 e. The standard InChI is InChI=1S/C14H23NO4/c16-9-8-15(10-4-3-5-10)13(17)11-6-1-2-7-12(11)14(18)19/h10-12,16H,1-9H2,(H,18,19)/t11-,12+/m1/s1. The quantitative estimate of drug-likeness (QED) is 0.787. The van der Waals surface area contributed by atoms with Crippen molar-refractivity contribution >= 4 is 11.9 Å². The van der Waals surface area contributed by atoms with E-state index in [1.165, 1.54) is 0 Å². The first-order valence-corrected chi connectivity index (χ1v) is 7.29. The summed E-state index contributed by atoms with van der Waals surface area (Å²) in [6.07, 6.45) is 6.18. The number of aliphatic hydroxyl groups is 1. The van der Waals surface area contributed by atoms with E-state index in [-0.39, 0.29) is 18.6 Å². The van der Waals surface area contributed by atoms with Crippen LogP contribution in [0.15, 0.2) is 0 Å². The smallest absolute Gasteiger partial charge is 0.307 e. The van der Waals surface area contributed by atoms with E-state index in [2.05, 4.69) is 0 Å². The van der Waals surface area contributed by atoms with Crippen molar-refractivity contribution in [3.05, 3.63) is 0 Å². The van der Waals surface area contributed by atoms with Crippen molar-refractivity contribution in [2.75, 3.05) is 13.2 Å². The minimum atomic E-state index is -0.851. The molecule has 2 aliphatic carbocycles. The van der Waals surface area contributed by atoms with E-state index in [1.54, 1.807) is 4.90 Å². The number of hydrogen-bond acceptors (Lipinski definition) is 3. The van der Waals surface area contributed by atoms with Gasteiger partial charge in [-0.3, -0.25) is 9.59 Å². The van der Waals surface area contributed by atoms with Gasteiger partial charge in [-0.1, -0.05) is 12.8 Å².